The van der Waals surface area contributed by atoms with Gasteiger partial charge in [-0.05, 0) is 25.1 Å². The summed E-state index contributed by atoms with van der Waals surface area (Å²) in [4.78, 5) is 12.6. The predicted molar refractivity (Wildman–Crippen MR) is 95.3 cm³/mol. The van der Waals surface area contributed by atoms with E-state index in [2.05, 4.69) is 22.0 Å². The van der Waals surface area contributed by atoms with Crippen LogP contribution < -0.4 is 10.5 Å². The molecular formula is C18H19BrN2O4. The average molecular weight is 407 g/mol. The molecule has 6 nitrogen and oxygen atoms in total. The summed E-state index contributed by atoms with van der Waals surface area (Å²) in [6.45, 7) is 3.77. The number of allylic oxidation sites excluding steroid dienone is 2. The monoisotopic (exact) mass is 406 g/mol. The second-order valence-corrected chi connectivity index (χ2v) is 6.14. The number of methoxy groups -OCH3 is 1. The Kier molecular flexibility index (Phi) is 6.10. The summed E-state index contributed by atoms with van der Waals surface area (Å²) in [7, 11) is 1.53. The summed E-state index contributed by atoms with van der Waals surface area (Å²) >= 11 is 3.42. The molecule has 0 spiro atoms. The maximum atomic E-state index is 12.6. The van der Waals surface area contributed by atoms with E-state index in [0.717, 1.165) is 4.47 Å². The van der Waals surface area contributed by atoms with Crippen LogP contribution in [0, 0.1) is 11.3 Å². The van der Waals surface area contributed by atoms with Crippen LogP contribution in [0.5, 0.6) is 5.75 Å². The lowest BCUT2D eigenvalue weighted by molar-refractivity contribution is -0.139. The van der Waals surface area contributed by atoms with Crippen molar-refractivity contribution in [1.29, 1.82) is 5.26 Å². The lowest BCUT2D eigenvalue weighted by Crippen LogP contribution is -2.26. The first-order valence-electron chi connectivity index (χ1n) is 7.79. The highest BCUT2D eigenvalue weighted by Crippen LogP contribution is 2.44. The van der Waals surface area contributed by atoms with E-state index in [4.69, 9.17) is 19.9 Å². The van der Waals surface area contributed by atoms with Crippen LogP contribution in [-0.4, -0.2) is 19.7 Å². The molecule has 1 unspecified atom stereocenters. The Morgan fingerprint density at radius 1 is 1.44 bits per heavy atom. The molecule has 132 valence electrons. The van der Waals surface area contributed by atoms with Gasteiger partial charge in [-0.3, -0.25) is 0 Å². The number of nitrogens with two attached hydrogens (primary N) is 1. The lowest BCUT2D eigenvalue weighted by Gasteiger charge is -2.28. The van der Waals surface area contributed by atoms with Gasteiger partial charge in [0.25, 0.3) is 0 Å². The topological polar surface area (TPSA) is 94.6 Å². The minimum atomic E-state index is -0.722. The minimum absolute atomic E-state index is 0.0144. The van der Waals surface area contributed by atoms with Crippen molar-refractivity contribution in [3.05, 3.63) is 51.0 Å². The van der Waals surface area contributed by atoms with E-state index in [-0.39, 0.29) is 23.6 Å². The SMILES string of the molecule is CCOC(=O)C1=C(CC)OC(N)=C(C#N)C1c1cc(Br)ccc1OC. The van der Waals surface area contributed by atoms with Crippen LogP contribution in [0.2, 0.25) is 0 Å². The zero-order valence-electron chi connectivity index (χ0n) is 14.3. The van der Waals surface area contributed by atoms with Crippen LogP contribution in [0.25, 0.3) is 0 Å². The van der Waals surface area contributed by atoms with Crippen molar-refractivity contribution in [1.82, 2.24) is 0 Å². The first-order valence-corrected chi connectivity index (χ1v) is 8.58. The molecule has 1 aliphatic rings. The summed E-state index contributed by atoms with van der Waals surface area (Å²) in [6.07, 6.45) is 0.431. The number of nitriles is 1. The van der Waals surface area contributed by atoms with E-state index in [0.29, 0.717) is 23.5 Å². The molecule has 1 heterocycles. The van der Waals surface area contributed by atoms with Crippen LogP contribution >= 0.6 is 15.9 Å². The van der Waals surface area contributed by atoms with Crippen LogP contribution in [-0.2, 0) is 14.3 Å². The van der Waals surface area contributed by atoms with Crippen LogP contribution in [0.4, 0.5) is 0 Å². The fraction of sp³-hybridized carbons (Fsp3) is 0.333. The third-order valence-corrected chi connectivity index (χ3v) is 4.31. The van der Waals surface area contributed by atoms with Crippen LogP contribution in [0.1, 0.15) is 31.7 Å². The summed E-state index contributed by atoms with van der Waals surface area (Å²) < 4.78 is 16.9. The Morgan fingerprint density at radius 2 is 2.16 bits per heavy atom. The number of carbonyl (C=O) groups is 1. The highest BCUT2D eigenvalue weighted by atomic mass is 79.9. The van der Waals surface area contributed by atoms with Gasteiger partial charge in [0, 0.05) is 16.5 Å². The molecule has 1 aliphatic heterocycles. The van der Waals surface area contributed by atoms with Gasteiger partial charge in [-0.25, -0.2) is 4.79 Å². The Morgan fingerprint density at radius 3 is 2.72 bits per heavy atom. The van der Waals surface area contributed by atoms with Crippen molar-refractivity contribution < 1.29 is 19.0 Å². The fourth-order valence-corrected chi connectivity index (χ4v) is 3.13. The van der Waals surface area contributed by atoms with E-state index in [1.807, 2.05) is 13.0 Å². The van der Waals surface area contributed by atoms with E-state index in [1.54, 1.807) is 19.1 Å². The number of nitrogens with zero attached hydrogens (tertiary/aromatic N) is 1. The summed E-state index contributed by atoms with van der Waals surface area (Å²) in [6, 6.07) is 7.43. The first-order chi connectivity index (χ1) is 12.0. The quantitative estimate of drug-likeness (QED) is 0.751. The molecule has 7 heteroatoms. The number of benzene rings is 1. The van der Waals surface area contributed by atoms with E-state index >= 15 is 0 Å². The highest BCUT2D eigenvalue weighted by molar-refractivity contribution is 9.10. The summed E-state index contributed by atoms with van der Waals surface area (Å²) in [5, 5.41) is 9.62. The van der Waals surface area contributed by atoms with Crippen molar-refractivity contribution in [2.75, 3.05) is 13.7 Å². The van der Waals surface area contributed by atoms with Crippen molar-refractivity contribution in [2.45, 2.75) is 26.2 Å². The molecule has 0 radical (unpaired) electrons. The molecule has 0 aromatic heterocycles. The van der Waals surface area contributed by atoms with Gasteiger partial charge in [-0.1, -0.05) is 22.9 Å². The van der Waals surface area contributed by atoms with Gasteiger partial charge >= 0.3 is 5.97 Å². The molecule has 2 rings (SSSR count). The molecule has 0 saturated heterocycles. The third-order valence-electron chi connectivity index (χ3n) is 3.82. The number of hydrogen-bond donors (Lipinski definition) is 1. The standard InChI is InChI=1S/C18H19BrN2O4/c1-4-13-16(18(22)24-5-2)15(12(9-20)17(21)25-13)11-8-10(19)6-7-14(11)23-3/h6-8,15H,4-5,21H2,1-3H3. The molecule has 1 atom stereocenters. The van der Waals surface area contributed by atoms with Gasteiger partial charge < -0.3 is 19.9 Å². The minimum Gasteiger partial charge on any atom is -0.496 e. The summed E-state index contributed by atoms with van der Waals surface area (Å²) in [5.41, 5.74) is 7.00. The molecule has 2 N–H and O–H groups in total. The van der Waals surface area contributed by atoms with E-state index < -0.39 is 11.9 Å². The number of hydrogen-bond acceptors (Lipinski definition) is 6. The molecule has 0 saturated carbocycles. The Labute approximate surface area is 155 Å². The van der Waals surface area contributed by atoms with Gasteiger partial charge in [0.1, 0.15) is 23.2 Å². The Bertz CT molecular complexity index is 793. The van der Waals surface area contributed by atoms with Gasteiger partial charge in [-0.2, -0.15) is 5.26 Å². The predicted octanol–water partition coefficient (Wildman–Crippen LogP) is 3.49. The molecule has 0 fully saturated rings. The maximum Gasteiger partial charge on any atom is 0.338 e. The second kappa shape index (κ2) is 8.08. The van der Waals surface area contributed by atoms with Crippen molar-refractivity contribution in [3.8, 4) is 11.8 Å². The molecule has 0 aliphatic carbocycles. The zero-order chi connectivity index (χ0) is 18.6. The molecule has 0 amide bonds. The van der Waals surface area contributed by atoms with Crippen molar-refractivity contribution >= 4 is 21.9 Å². The Balaban J connectivity index is 2.76. The number of esters is 1. The number of rotatable bonds is 5. The molecular weight excluding hydrogens is 388 g/mol. The van der Waals surface area contributed by atoms with Crippen molar-refractivity contribution in [2.24, 2.45) is 5.73 Å². The largest absolute Gasteiger partial charge is 0.496 e. The second-order valence-electron chi connectivity index (χ2n) is 5.22. The number of halogens is 1. The number of ether oxygens (including phenoxy) is 3. The Hall–Kier alpha value is -2.46. The molecule has 0 bridgehead atoms. The number of carbonyl (C=O) groups excluding carboxylic acids is 1. The first kappa shape index (κ1) is 18.9. The van der Waals surface area contributed by atoms with Crippen LogP contribution in [0.3, 0.4) is 0 Å². The van der Waals surface area contributed by atoms with E-state index in [1.165, 1.54) is 7.11 Å². The van der Waals surface area contributed by atoms with Crippen molar-refractivity contribution in [3.63, 3.8) is 0 Å². The van der Waals surface area contributed by atoms with Gasteiger partial charge in [0.15, 0.2) is 0 Å². The van der Waals surface area contributed by atoms with Gasteiger partial charge in [-0.15, -0.1) is 0 Å². The van der Waals surface area contributed by atoms with Gasteiger partial charge in [0.05, 0.1) is 25.2 Å². The lowest BCUT2D eigenvalue weighted by atomic mass is 9.82. The molecule has 25 heavy (non-hydrogen) atoms. The van der Waals surface area contributed by atoms with E-state index in [9.17, 15) is 10.1 Å². The fourth-order valence-electron chi connectivity index (χ4n) is 2.75. The molecule has 1 aromatic rings. The maximum absolute atomic E-state index is 12.6. The third kappa shape index (κ3) is 3.64. The van der Waals surface area contributed by atoms with Crippen LogP contribution in [0.15, 0.2) is 45.5 Å². The molecule has 1 aromatic carbocycles. The summed E-state index contributed by atoms with van der Waals surface area (Å²) in [5.74, 6) is -0.346. The smallest absolute Gasteiger partial charge is 0.338 e. The zero-order valence-corrected chi connectivity index (χ0v) is 15.8. The average Bonchev–Trinajstić information content (AvgIpc) is 2.60. The normalized spacial score (nSPS) is 17.0. The highest BCUT2D eigenvalue weighted by Gasteiger charge is 2.38. The van der Waals surface area contributed by atoms with Gasteiger partial charge in [0.2, 0.25) is 5.88 Å².